The number of nitrogens with one attached hydrogen (secondary N) is 2. The van der Waals surface area contributed by atoms with Crippen molar-refractivity contribution in [2.75, 3.05) is 13.2 Å². The molecule has 1 unspecified atom stereocenters. The number of nitrogens with zero attached hydrogens (tertiary/aromatic N) is 1. The molecular formula is C22H35N3O. The molecule has 1 atom stereocenters. The number of aliphatic hydroxyl groups is 1. The Morgan fingerprint density at radius 1 is 1.27 bits per heavy atom. The minimum atomic E-state index is -0.186. The van der Waals surface area contributed by atoms with Crippen LogP contribution in [0.5, 0.6) is 0 Å². The first-order valence-electron chi connectivity index (χ1n) is 9.00. The van der Waals surface area contributed by atoms with Crippen LogP contribution in [0, 0.1) is 11.3 Å². The highest BCUT2D eigenvalue weighted by atomic mass is 16.3. The van der Waals surface area contributed by atoms with Crippen LogP contribution in [0.15, 0.2) is 72.4 Å². The van der Waals surface area contributed by atoms with Crippen molar-refractivity contribution in [3.63, 3.8) is 0 Å². The van der Waals surface area contributed by atoms with Crippen molar-refractivity contribution in [2.45, 2.75) is 41.0 Å². The summed E-state index contributed by atoms with van der Waals surface area (Å²) in [5.41, 5.74) is 3.86. The SMILES string of the molecule is C=C(/C=C(/C)C(=N)C(C)CO)C(=C)N/C=C/N(/C=C\CC)C/C(C)=C/C. The summed E-state index contributed by atoms with van der Waals surface area (Å²) in [4.78, 5) is 2.10. The fourth-order valence-corrected chi connectivity index (χ4v) is 2.01. The quantitative estimate of drug-likeness (QED) is 0.264. The molecule has 0 radical (unpaired) electrons. The largest absolute Gasteiger partial charge is 0.396 e. The highest BCUT2D eigenvalue weighted by Gasteiger charge is 2.09. The van der Waals surface area contributed by atoms with Crippen LogP contribution in [0.4, 0.5) is 0 Å². The number of hydrogen-bond donors (Lipinski definition) is 3. The molecule has 3 N–H and O–H groups in total. The number of hydrogen-bond acceptors (Lipinski definition) is 4. The molecule has 0 rings (SSSR count). The van der Waals surface area contributed by atoms with Gasteiger partial charge in [-0.3, -0.25) is 0 Å². The fourth-order valence-electron chi connectivity index (χ4n) is 2.01. The van der Waals surface area contributed by atoms with Gasteiger partial charge in [0, 0.05) is 36.3 Å². The zero-order valence-electron chi connectivity index (χ0n) is 17.0. The van der Waals surface area contributed by atoms with Gasteiger partial charge in [-0.15, -0.1) is 0 Å². The lowest BCUT2D eigenvalue weighted by molar-refractivity contribution is 0.269. The van der Waals surface area contributed by atoms with Gasteiger partial charge in [0.05, 0.1) is 6.61 Å². The summed E-state index contributed by atoms with van der Waals surface area (Å²) in [6.45, 7) is 18.7. The Morgan fingerprint density at radius 3 is 2.46 bits per heavy atom. The maximum atomic E-state index is 9.16. The molecule has 4 heteroatoms. The normalized spacial score (nSPS) is 13.9. The average molecular weight is 358 g/mol. The molecule has 0 aliphatic carbocycles. The van der Waals surface area contributed by atoms with Crippen molar-refractivity contribution in [2.24, 2.45) is 5.92 Å². The number of rotatable bonds is 12. The first-order chi connectivity index (χ1) is 12.3. The van der Waals surface area contributed by atoms with Crippen LogP contribution >= 0.6 is 0 Å². The third kappa shape index (κ3) is 9.23. The molecule has 26 heavy (non-hydrogen) atoms. The highest BCUT2D eigenvalue weighted by molar-refractivity contribution is 5.99. The van der Waals surface area contributed by atoms with Gasteiger partial charge in [-0.1, -0.05) is 44.7 Å². The average Bonchev–Trinajstić information content (AvgIpc) is 2.63. The predicted octanol–water partition coefficient (Wildman–Crippen LogP) is 4.90. The minimum absolute atomic E-state index is 0.0365. The molecule has 0 spiro atoms. The number of aliphatic hydroxyl groups excluding tert-OH is 1. The summed E-state index contributed by atoms with van der Waals surface area (Å²) in [6.07, 6.45) is 12.9. The molecule has 0 aromatic rings. The van der Waals surface area contributed by atoms with Gasteiger partial charge in [0.25, 0.3) is 0 Å². The van der Waals surface area contributed by atoms with E-state index in [0.29, 0.717) is 17.0 Å². The van der Waals surface area contributed by atoms with Crippen LogP contribution in [-0.4, -0.2) is 28.9 Å². The monoisotopic (exact) mass is 357 g/mol. The van der Waals surface area contributed by atoms with Crippen LogP contribution in [0.3, 0.4) is 0 Å². The summed E-state index contributed by atoms with van der Waals surface area (Å²) in [6, 6.07) is 0. The highest BCUT2D eigenvalue weighted by Crippen LogP contribution is 2.12. The summed E-state index contributed by atoms with van der Waals surface area (Å²) in [5, 5.41) is 20.3. The lowest BCUT2D eigenvalue weighted by Crippen LogP contribution is -2.16. The summed E-state index contributed by atoms with van der Waals surface area (Å²) >= 11 is 0. The molecule has 0 fully saturated rings. The third-order valence-electron chi connectivity index (χ3n) is 3.95. The summed E-state index contributed by atoms with van der Waals surface area (Å²) in [5.74, 6) is -0.186. The maximum absolute atomic E-state index is 9.16. The van der Waals surface area contributed by atoms with Crippen molar-refractivity contribution in [1.29, 1.82) is 5.41 Å². The Bertz CT molecular complexity index is 609. The van der Waals surface area contributed by atoms with E-state index < -0.39 is 0 Å². The van der Waals surface area contributed by atoms with E-state index in [0.717, 1.165) is 18.5 Å². The van der Waals surface area contributed by atoms with E-state index in [4.69, 9.17) is 10.5 Å². The second kappa shape index (κ2) is 13.0. The van der Waals surface area contributed by atoms with Gasteiger partial charge in [-0.05, 0) is 50.6 Å². The maximum Gasteiger partial charge on any atom is 0.0512 e. The van der Waals surface area contributed by atoms with Crippen molar-refractivity contribution in [3.05, 3.63) is 72.4 Å². The van der Waals surface area contributed by atoms with E-state index >= 15 is 0 Å². The van der Waals surface area contributed by atoms with E-state index in [-0.39, 0.29) is 12.5 Å². The molecule has 0 saturated carbocycles. The molecule has 4 nitrogen and oxygen atoms in total. The van der Waals surface area contributed by atoms with E-state index in [9.17, 15) is 0 Å². The van der Waals surface area contributed by atoms with E-state index in [1.807, 2.05) is 39.2 Å². The van der Waals surface area contributed by atoms with Gasteiger partial charge in [-0.2, -0.15) is 0 Å². The van der Waals surface area contributed by atoms with Crippen LogP contribution in [0.25, 0.3) is 0 Å². The van der Waals surface area contributed by atoms with Gasteiger partial charge in [0.2, 0.25) is 0 Å². The smallest absolute Gasteiger partial charge is 0.0512 e. The summed E-state index contributed by atoms with van der Waals surface area (Å²) in [7, 11) is 0. The molecule has 0 aromatic heterocycles. The van der Waals surface area contributed by atoms with Crippen LogP contribution in [0.2, 0.25) is 0 Å². The molecular weight excluding hydrogens is 322 g/mol. The lowest BCUT2D eigenvalue weighted by Gasteiger charge is -2.16. The second-order valence-corrected chi connectivity index (χ2v) is 6.39. The van der Waals surface area contributed by atoms with E-state index in [2.05, 4.69) is 55.6 Å². The van der Waals surface area contributed by atoms with Crippen LogP contribution < -0.4 is 5.32 Å². The minimum Gasteiger partial charge on any atom is -0.396 e. The Hall–Kier alpha value is -2.33. The zero-order chi connectivity index (χ0) is 20.1. The standard InChI is InChI=1S/C22H35N3O/c1-8-10-12-25(15-17(3)9-2)13-11-24-21(7)18(4)14-19(5)22(23)20(6)16-26/h9-14,20,23-24,26H,4,7-8,15-16H2,1-3,5-6H3/b12-10-,13-11+,17-9+,19-14-,23-22?. The van der Waals surface area contributed by atoms with Crippen LogP contribution in [-0.2, 0) is 0 Å². The molecule has 0 heterocycles. The Morgan fingerprint density at radius 2 is 1.92 bits per heavy atom. The van der Waals surface area contributed by atoms with Gasteiger partial charge in [0.1, 0.15) is 0 Å². The fraction of sp³-hybridized carbons (Fsp3) is 0.409. The van der Waals surface area contributed by atoms with Crippen molar-refractivity contribution in [3.8, 4) is 0 Å². The van der Waals surface area contributed by atoms with Gasteiger partial charge >= 0.3 is 0 Å². The van der Waals surface area contributed by atoms with Crippen molar-refractivity contribution >= 4 is 5.71 Å². The summed E-state index contributed by atoms with van der Waals surface area (Å²) < 4.78 is 0. The van der Waals surface area contributed by atoms with Gasteiger partial charge in [-0.25, -0.2) is 0 Å². The lowest BCUT2D eigenvalue weighted by atomic mass is 9.98. The third-order valence-corrected chi connectivity index (χ3v) is 3.95. The topological polar surface area (TPSA) is 59.4 Å². The first kappa shape index (κ1) is 23.7. The first-order valence-corrected chi connectivity index (χ1v) is 9.00. The molecule has 0 aromatic carbocycles. The molecule has 144 valence electrons. The molecule has 0 saturated heterocycles. The Labute approximate surface area is 159 Å². The van der Waals surface area contributed by atoms with Crippen LogP contribution in [0.1, 0.15) is 41.0 Å². The zero-order valence-corrected chi connectivity index (χ0v) is 17.0. The van der Waals surface area contributed by atoms with Crippen molar-refractivity contribution in [1.82, 2.24) is 10.2 Å². The van der Waals surface area contributed by atoms with E-state index in [1.54, 1.807) is 0 Å². The molecule has 0 amide bonds. The second-order valence-electron chi connectivity index (χ2n) is 6.39. The van der Waals surface area contributed by atoms with Gasteiger partial charge in [0.15, 0.2) is 0 Å². The molecule has 0 aliphatic rings. The Balaban J connectivity index is 4.87. The van der Waals surface area contributed by atoms with Gasteiger partial charge < -0.3 is 20.7 Å². The van der Waals surface area contributed by atoms with E-state index in [1.165, 1.54) is 5.57 Å². The number of allylic oxidation sites excluding steroid dienone is 4. The molecule has 0 bridgehead atoms. The Kier molecular flexibility index (Phi) is 11.8. The molecule has 0 aliphatic heterocycles. The van der Waals surface area contributed by atoms with Crippen molar-refractivity contribution < 1.29 is 5.11 Å². The predicted molar refractivity (Wildman–Crippen MR) is 114 cm³/mol.